The molecular weight excluding hydrogens is 272 g/mol. The second kappa shape index (κ2) is 5.63. The van der Waals surface area contributed by atoms with Gasteiger partial charge in [0.1, 0.15) is 0 Å². The number of fused-ring (bicyclic) bond motifs is 1. The van der Waals surface area contributed by atoms with Crippen LogP contribution in [0.3, 0.4) is 0 Å². The molecule has 0 unspecified atom stereocenters. The van der Waals surface area contributed by atoms with E-state index in [1.54, 1.807) is 12.1 Å². The van der Waals surface area contributed by atoms with Gasteiger partial charge in [-0.25, -0.2) is 0 Å². The van der Waals surface area contributed by atoms with Crippen molar-refractivity contribution in [3.05, 3.63) is 45.6 Å². The lowest BCUT2D eigenvalue weighted by atomic mass is 10.0. The molecule has 7 nitrogen and oxygen atoms in total. The van der Waals surface area contributed by atoms with Crippen LogP contribution < -0.4 is 5.32 Å². The molecule has 0 saturated heterocycles. The summed E-state index contributed by atoms with van der Waals surface area (Å²) in [6.07, 6.45) is 0.845. The molecule has 1 aromatic heterocycles. The average Bonchev–Trinajstić information content (AvgIpc) is 2.87. The van der Waals surface area contributed by atoms with Gasteiger partial charge in [0, 0.05) is 48.5 Å². The molecule has 2 aromatic rings. The molecule has 0 radical (unpaired) electrons. The minimum Gasteiger partial charge on any atom is -0.394 e. The Hall–Kier alpha value is -2.25. The van der Waals surface area contributed by atoms with E-state index in [1.165, 1.54) is 6.07 Å². The molecule has 0 spiro atoms. The summed E-state index contributed by atoms with van der Waals surface area (Å²) in [5.74, 6) is 0. The van der Waals surface area contributed by atoms with E-state index in [0.29, 0.717) is 13.1 Å². The van der Waals surface area contributed by atoms with E-state index in [9.17, 15) is 10.1 Å². The molecule has 0 aliphatic carbocycles. The molecular formula is C14H16N4O3. The first kappa shape index (κ1) is 13.7. The van der Waals surface area contributed by atoms with Crippen LogP contribution in [-0.4, -0.2) is 33.0 Å². The Bertz CT molecular complexity index is 681. The van der Waals surface area contributed by atoms with E-state index in [2.05, 4.69) is 10.4 Å². The van der Waals surface area contributed by atoms with Crippen molar-refractivity contribution >= 4 is 5.69 Å². The highest BCUT2D eigenvalue weighted by molar-refractivity contribution is 5.67. The highest BCUT2D eigenvalue weighted by atomic mass is 16.6. The number of hydrogen-bond donors (Lipinski definition) is 2. The van der Waals surface area contributed by atoms with Crippen molar-refractivity contribution < 1.29 is 10.0 Å². The Kier molecular flexibility index (Phi) is 3.68. The SMILES string of the molecule is O=[N+]([O-])c1cccc(-c2nn(CCO)c3c2CNCC3)c1. The Morgan fingerprint density at radius 2 is 2.33 bits per heavy atom. The molecule has 0 bridgehead atoms. The zero-order valence-electron chi connectivity index (χ0n) is 11.5. The molecule has 1 aromatic carbocycles. The van der Waals surface area contributed by atoms with Crippen LogP contribution in [0.25, 0.3) is 11.3 Å². The summed E-state index contributed by atoms with van der Waals surface area (Å²) in [6.45, 7) is 2.03. The summed E-state index contributed by atoms with van der Waals surface area (Å²) in [5.41, 5.74) is 3.72. The number of non-ortho nitro benzene ring substituents is 1. The third kappa shape index (κ3) is 2.53. The predicted octanol–water partition coefficient (Wildman–Crippen LogP) is 1.10. The van der Waals surface area contributed by atoms with Crippen molar-refractivity contribution in [1.82, 2.24) is 15.1 Å². The Morgan fingerprint density at radius 1 is 1.48 bits per heavy atom. The van der Waals surface area contributed by atoms with Gasteiger partial charge in [-0.1, -0.05) is 12.1 Å². The maximum atomic E-state index is 10.9. The largest absolute Gasteiger partial charge is 0.394 e. The van der Waals surface area contributed by atoms with Crippen molar-refractivity contribution in [3.8, 4) is 11.3 Å². The van der Waals surface area contributed by atoms with Crippen LogP contribution in [0.15, 0.2) is 24.3 Å². The van der Waals surface area contributed by atoms with E-state index < -0.39 is 4.92 Å². The van der Waals surface area contributed by atoms with Gasteiger partial charge in [0.2, 0.25) is 0 Å². The molecule has 2 N–H and O–H groups in total. The molecule has 3 rings (SSSR count). The van der Waals surface area contributed by atoms with Crippen molar-refractivity contribution in [2.45, 2.75) is 19.5 Å². The number of nitrogens with one attached hydrogen (secondary N) is 1. The van der Waals surface area contributed by atoms with Crippen LogP contribution >= 0.6 is 0 Å². The highest BCUT2D eigenvalue weighted by Crippen LogP contribution is 2.29. The zero-order chi connectivity index (χ0) is 14.8. The number of aromatic nitrogens is 2. The monoisotopic (exact) mass is 288 g/mol. The summed E-state index contributed by atoms with van der Waals surface area (Å²) >= 11 is 0. The third-order valence-corrected chi connectivity index (χ3v) is 3.65. The molecule has 0 fully saturated rings. The summed E-state index contributed by atoms with van der Waals surface area (Å²) in [6, 6.07) is 6.51. The van der Waals surface area contributed by atoms with Gasteiger partial charge in [-0.3, -0.25) is 14.8 Å². The van der Waals surface area contributed by atoms with Gasteiger partial charge in [-0.2, -0.15) is 5.10 Å². The number of nitro benzene ring substituents is 1. The lowest BCUT2D eigenvalue weighted by Crippen LogP contribution is -2.25. The lowest BCUT2D eigenvalue weighted by molar-refractivity contribution is -0.384. The minimum atomic E-state index is -0.404. The fraction of sp³-hybridized carbons (Fsp3) is 0.357. The van der Waals surface area contributed by atoms with Crippen molar-refractivity contribution in [2.75, 3.05) is 13.2 Å². The summed E-state index contributed by atoms with van der Waals surface area (Å²) in [5, 5.41) is 27.9. The van der Waals surface area contributed by atoms with Crippen LogP contribution in [0.1, 0.15) is 11.3 Å². The first-order valence-corrected chi connectivity index (χ1v) is 6.85. The van der Waals surface area contributed by atoms with Crippen LogP contribution in [0.4, 0.5) is 5.69 Å². The van der Waals surface area contributed by atoms with Gasteiger partial charge in [-0.05, 0) is 0 Å². The minimum absolute atomic E-state index is 0.0237. The first-order valence-electron chi connectivity index (χ1n) is 6.85. The summed E-state index contributed by atoms with van der Waals surface area (Å²) < 4.78 is 1.81. The Labute approximate surface area is 121 Å². The molecule has 0 atom stereocenters. The van der Waals surface area contributed by atoms with E-state index in [4.69, 9.17) is 5.11 Å². The average molecular weight is 288 g/mol. The normalized spacial score (nSPS) is 14.0. The third-order valence-electron chi connectivity index (χ3n) is 3.65. The number of hydrogen-bond acceptors (Lipinski definition) is 5. The topological polar surface area (TPSA) is 93.2 Å². The van der Waals surface area contributed by atoms with Crippen LogP contribution in [0.5, 0.6) is 0 Å². The van der Waals surface area contributed by atoms with Crippen molar-refractivity contribution in [3.63, 3.8) is 0 Å². The molecule has 21 heavy (non-hydrogen) atoms. The van der Waals surface area contributed by atoms with E-state index in [0.717, 1.165) is 35.5 Å². The molecule has 0 amide bonds. The smallest absolute Gasteiger partial charge is 0.270 e. The molecule has 0 saturated carbocycles. The predicted molar refractivity (Wildman–Crippen MR) is 76.8 cm³/mol. The van der Waals surface area contributed by atoms with Gasteiger partial charge < -0.3 is 10.4 Å². The summed E-state index contributed by atoms with van der Waals surface area (Å²) in [7, 11) is 0. The number of rotatable bonds is 4. The number of aliphatic hydroxyl groups is 1. The number of nitrogens with zero attached hydrogens (tertiary/aromatic N) is 3. The van der Waals surface area contributed by atoms with Gasteiger partial charge in [0.25, 0.3) is 5.69 Å². The molecule has 7 heteroatoms. The highest BCUT2D eigenvalue weighted by Gasteiger charge is 2.22. The van der Waals surface area contributed by atoms with Gasteiger partial charge in [0.15, 0.2) is 0 Å². The van der Waals surface area contributed by atoms with Gasteiger partial charge in [-0.15, -0.1) is 0 Å². The number of benzene rings is 1. The standard InChI is InChI=1S/C14H16N4O3/c19-7-6-17-13-4-5-15-9-12(13)14(16-17)10-2-1-3-11(8-10)18(20)21/h1-3,8,15,19H,4-7,9H2. The fourth-order valence-corrected chi connectivity index (χ4v) is 2.70. The second-order valence-corrected chi connectivity index (χ2v) is 4.95. The summed E-state index contributed by atoms with van der Waals surface area (Å²) in [4.78, 5) is 10.5. The van der Waals surface area contributed by atoms with Crippen LogP contribution in [0, 0.1) is 10.1 Å². The van der Waals surface area contributed by atoms with Gasteiger partial charge >= 0.3 is 0 Å². The van der Waals surface area contributed by atoms with E-state index >= 15 is 0 Å². The number of nitro groups is 1. The van der Waals surface area contributed by atoms with Crippen molar-refractivity contribution in [1.29, 1.82) is 0 Å². The Morgan fingerprint density at radius 3 is 3.10 bits per heavy atom. The lowest BCUT2D eigenvalue weighted by Gasteiger charge is -2.15. The van der Waals surface area contributed by atoms with E-state index in [-0.39, 0.29) is 12.3 Å². The quantitative estimate of drug-likeness (QED) is 0.649. The van der Waals surface area contributed by atoms with Gasteiger partial charge in [0.05, 0.1) is 23.8 Å². The fourth-order valence-electron chi connectivity index (χ4n) is 2.70. The molecule has 2 heterocycles. The van der Waals surface area contributed by atoms with Crippen molar-refractivity contribution in [2.24, 2.45) is 0 Å². The first-order chi connectivity index (χ1) is 10.2. The molecule has 1 aliphatic heterocycles. The Balaban J connectivity index is 2.09. The molecule has 1 aliphatic rings. The van der Waals surface area contributed by atoms with Crippen LogP contribution in [-0.2, 0) is 19.5 Å². The zero-order valence-corrected chi connectivity index (χ0v) is 11.5. The molecule has 110 valence electrons. The maximum absolute atomic E-state index is 10.9. The van der Waals surface area contributed by atoms with E-state index in [1.807, 2.05) is 10.7 Å². The second-order valence-electron chi connectivity index (χ2n) is 4.95. The maximum Gasteiger partial charge on any atom is 0.270 e. The van der Waals surface area contributed by atoms with Crippen LogP contribution in [0.2, 0.25) is 0 Å². The number of aliphatic hydroxyl groups excluding tert-OH is 1.